The minimum absolute atomic E-state index is 0.130. The van der Waals surface area contributed by atoms with Crippen LogP contribution in [-0.2, 0) is 9.84 Å². The molecule has 0 heterocycles. The van der Waals surface area contributed by atoms with E-state index in [4.69, 9.17) is 11.6 Å². The smallest absolute Gasteiger partial charge is 0.178 e. The Bertz CT molecular complexity index is 832. The van der Waals surface area contributed by atoms with E-state index in [-0.39, 0.29) is 5.75 Å². The number of rotatable bonds is 4. The van der Waals surface area contributed by atoms with Crippen LogP contribution in [-0.4, -0.2) is 14.2 Å². The monoisotopic (exact) mass is 346 g/mol. The molecule has 1 aliphatic rings. The topological polar surface area (TPSA) is 34.1 Å². The van der Waals surface area contributed by atoms with Crippen LogP contribution in [0.15, 0.2) is 53.4 Å². The van der Waals surface area contributed by atoms with Crippen LogP contribution in [0.25, 0.3) is 11.1 Å². The first kappa shape index (κ1) is 16.3. The highest BCUT2D eigenvalue weighted by molar-refractivity contribution is 7.91. The van der Waals surface area contributed by atoms with E-state index >= 15 is 0 Å². The molecule has 2 aromatic carbocycles. The van der Waals surface area contributed by atoms with Crippen LogP contribution in [0.4, 0.5) is 0 Å². The highest BCUT2D eigenvalue weighted by Crippen LogP contribution is 2.40. The summed E-state index contributed by atoms with van der Waals surface area (Å²) in [5, 5.41) is 0.739. The maximum Gasteiger partial charge on any atom is 0.178 e. The minimum Gasteiger partial charge on any atom is -0.224 e. The van der Waals surface area contributed by atoms with Gasteiger partial charge in [-0.05, 0) is 65.8 Å². The quantitative estimate of drug-likeness (QED) is 0.759. The van der Waals surface area contributed by atoms with Gasteiger partial charge in [-0.2, -0.15) is 0 Å². The summed E-state index contributed by atoms with van der Waals surface area (Å²) in [6.07, 6.45) is 3.20. The molecular formula is C19H19ClO2S. The molecular weight excluding hydrogens is 328 g/mol. The van der Waals surface area contributed by atoms with Crippen LogP contribution in [0.1, 0.15) is 37.3 Å². The van der Waals surface area contributed by atoms with Crippen molar-refractivity contribution in [3.05, 3.63) is 64.7 Å². The van der Waals surface area contributed by atoms with Crippen molar-refractivity contribution in [3.8, 4) is 0 Å². The molecule has 0 saturated carbocycles. The highest BCUT2D eigenvalue weighted by atomic mass is 35.5. The summed E-state index contributed by atoms with van der Waals surface area (Å²) >= 11 is 5.97. The van der Waals surface area contributed by atoms with E-state index in [9.17, 15) is 8.42 Å². The van der Waals surface area contributed by atoms with Crippen molar-refractivity contribution in [2.45, 2.75) is 31.1 Å². The zero-order chi connectivity index (χ0) is 16.4. The molecule has 23 heavy (non-hydrogen) atoms. The lowest BCUT2D eigenvalue weighted by atomic mass is 9.97. The summed E-state index contributed by atoms with van der Waals surface area (Å²) in [4.78, 5) is 0.399. The Labute approximate surface area is 142 Å². The fourth-order valence-corrected chi connectivity index (χ4v) is 4.07. The molecule has 0 unspecified atom stereocenters. The molecule has 0 atom stereocenters. The van der Waals surface area contributed by atoms with Crippen LogP contribution >= 0.6 is 11.6 Å². The maximum absolute atomic E-state index is 11.9. The second kappa shape index (κ2) is 6.50. The second-order valence-corrected chi connectivity index (χ2v) is 8.46. The number of sulfone groups is 1. The zero-order valence-electron chi connectivity index (χ0n) is 13.0. The Morgan fingerprint density at radius 1 is 0.870 bits per heavy atom. The third kappa shape index (κ3) is 3.36. The lowest BCUT2D eigenvalue weighted by Gasteiger charge is -2.10. The molecule has 1 aliphatic carbocycles. The largest absolute Gasteiger partial charge is 0.224 e. The van der Waals surface area contributed by atoms with Gasteiger partial charge < -0.3 is 0 Å². The summed E-state index contributed by atoms with van der Waals surface area (Å²) in [5.74, 6) is 0.130. The Kier molecular flexibility index (Phi) is 4.60. The van der Waals surface area contributed by atoms with Gasteiger partial charge >= 0.3 is 0 Å². The summed E-state index contributed by atoms with van der Waals surface area (Å²) in [5.41, 5.74) is 4.97. The molecule has 0 fully saturated rings. The van der Waals surface area contributed by atoms with Crippen LogP contribution in [0, 0.1) is 0 Å². The van der Waals surface area contributed by atoms with Crippen molar-refractivity contribution in [1.29, 1.82) is 0 Å². The normalized spacial score (nSPS) is 15.2. The Hall–Kier alpha value is -1.58. The van der Waals surface area contributed by atoms with E-state index in [2.05, 4.69) is 12.1 Å². The predicted octanol–water partition coefficient (Wildman–Crippen LogP) is 5.23. The zero-order valence-corrected chi connectivity index (χ0v) is 14.6. The number of halogens is 1. The van der Waals surface area contributed by atoms with E-state index in [1.54, 1.807) is 19.1 Å². The van der Waals surface area contributed by atoms with E-state index < -0.39 is 9.84 Å². The van der Waals surface area contributed by atoms with Gasteiger partial charge in [0.1, 0.15) is 0 Å². The summed E-state index contributed by atoms with van der Waals surface area (Å²) in [6.45, 7) is 1.67. The van der Waals surface area contributed by atoms with E-state index in [1.165, 1.54) is 16.7 Å². The van der Waals surface area contributed by atoms with Crippen molar-refractivity contribution >= 4 is 32.6 Å². The molecule has 0 bridgehead atoms. The molecule has 4 heteroatoms. The molecule has 0 N–H and O–H groups in total. The Morgan fingerprint density at radius 2 is 1.35 bits per heavy atom. The van der Waals surface area contributed by atoms with Crippen LogP contribution in [0.3, 0.4) is 0 Å². The van der Waals surface area contributed by atoms with Gasteiger partial charge in [-0.1, -0.05) is 42.8 Å². The average molecular weight is 347 g/mol. The fraction of sp³-hybridized carbons (Fsp3) is 0.263. The van der Waals surface area contributed by atoms with Gasteiger partial charge in [-0.3, -0.25) is 0 Å². The van der Waals surface area contributed by atoms with Gasteiger partial charge in [-0.25, -0.2) is 8.42 Å². The van der Waals surface area contributed by atoms with Gasteiger partial charge in [0.2, 0.25) is 0 Å². The molecule has 0 spiro atoms. The first-order valence-corrected chi connectivity index (χ1v) is 9.85. The van der Waals surface area contributed by atoms with Crippen molar-refractivity contribution < 1.29 is 8.42 Å². The van der Waals surface area contributed by atoms with Gasteiger partial charge in [0, 0.05) is 5.02 Å². The average Bonchev–Trinajstić information content (AvgIpc) is 3.05. The standard InChI is InChI=1S/C19H19ClO2S/c1-2-23(21,22)17-12-8-15(9-13-17)19-5-3-4-18(19)14-6-10-16(20)11-7-14/h6-13H,2-5H2,1H3. The van der Waals surface area contributed by atoms with E-state index in [1.807, 2.05) is 24.3 Å². The lowest BCUT2D eigenvalue weighted by molar-refractivity contribution is 0.597. The van der Waals surface area contributed by atoms with Gasteiger partial charge in [-0.15, -0.1) is 0 Å². The first-order chi connectivity index (χ1) is 11.0. The number of hydrogen-bond acceptors (Lipinski definition) is 2. The first-order valence-electron chi connectivity index (χ1n) is 7.82. The highest BCUT2D eigenvalue weighted by Gasteiger charge is 2.18. The molecule has 0 amide bonds. The summed E-state index contributed by atoms with van der Waals surface area (Å²) < 4.78 is 23.9. The van der Waals surface area contributed by atoms with E-state index in [0.717, 1.165) is 29.8 Å². The van der Waals surface area contributed by atoms with Gasteiger partial charge in [0.25, 0.3) is 0 Å². The van der Waals surface area contributed by atoms with Crippen LogP contribution in [0.5, 0.6) is 0 Å². The van der Waals surface area contributed by atoms with Crippen molar-refractivity contribution in [2.24, 2.45) is 0 Å². The molecule has 3 rings (SSSR count). The SMILES string of the molecule is CCS(=O)(=O)c1ccc(C2=C(c3ccc(Cl)cc3)CCC2)cc1. The summed E-state index contributed by atoms with van der Waals surface area (Å²) in [6, 6.07) is 15.2. The van der Waals surface area contributed by atoms with E-state index in [0.29, 0.717) is 4.90 Å². The van der Waals surface area contributed by atoms with Gasteiger partial charge in [0.05, 0.1) is 10.6 Å². The molecule has 2 aromatic rings. The fourth-order valence-electron chi connectivity index (χ4n) is 3.06. The predicted molar refractivity (Wildman–Crippen MR) is 96.3 cm³/mol. The van der Waals surface area contributed by atoms with Crippen LogP contribution in [0.2, 0.25) is 5.02 Å². The minimum atomic E-state index is -3.14. The number of allylic oxidation sites excluding steroid dienone is 2. The van der Waals surface area contributed by atoms with Crippen molar-refractivity contribution in [3.63, 3.8) is 0 Å². The number of benzene rings is 2. The van der Waals surface area contributed by atoms with Crippen LogP contribution < -0.4 is 0 Å². The molecule has 0 radical (unpaired) electrons. The van der Waals surface area contributed by atoms with Crippen molar-refractivity contribution in [2.75, 3.05) is 5.75 Å². The molecule has 0 aromatic heterocycles. The second-order valence-electron chi connectivity index (χ2n) is 5.75. The molecule has 0 aliphatic heterocycles. The summed E-state index contributed by atoms with van der Waals surface area (Å²) in [7, 11) is -3.14. The van der Waals surface area contributed by atoms with Gasteiger partial charge in [0.15, 0.2) is 9.84 Å². The van der Waals surface area contributed by atoms with Crippen molar-refractivity contribution in [1.82, 2.24) is 0 Å². The Balaban J connectivity index is 1.99. The molecule has 0 saturated heterocycles. The molecule has 120 valence electrons. The third-order valence-corrected chi connectivity index (χ3v) is 6.35. The lowest BCUT2D eigenvalue weighted by Crippen LogP contribution is -2.03. The Morgan fingerprint density at radius 3 is 1.83 bits per heavy atom. The third-order valence-electron chi connectivity index (χ3n) is 4.35. The molecule has 2 nitrogen and oxygen atoms in total. The number of hydrogen-bond donors (Lipinski definition) is 0. The maximum atomic E-state index is 11.9.